The van der Waals surface area contributed by atoms with Crippen LogP contribution < -0.4 is 20.3 Å². The molecule has 0 radical (unpaired) electrons. The molecular weight excluding hydrogens is 408 g/mol. The number of methoxy groups -OCH3 is 1. The highest BCUT2D eigenvalue weighted by atomic mass is 16.5. The monoisotopic (exact) mass is 438 g/mol. The second-order valence-electron chi connectivity index (χ2n) is 8.15. The average molecular weight is 439 g/mol. The van der Waals surface area contributed by atoms with Crippen molar-refractivity contribution in [1.82, 2.24) is 10.2 Å². The summed E-state index contributed by atoms with van der Waals surface area (Å²) in [7, 11) is 1.53. The van der Waals surface area contributed by atoms with E-state index in [2.05, 4.69) is 36.3 Å². The topological polar surface area (TPSA) is 91.0 Å². The molecule has 32 heavy (non-hydrogen) atoms. The number of hydrogen-bond acceptors (Lipinski definition) is 5. The molecule has 8 heteroatoms. The highest BCUT2D eigenvalue weighted by Gasteiger charge is 2.49. The molecule has 0 unspecified atom stereocenters. The Labute approximate surface area is 188 Å². The number of urea groups is 1. The van der Waals surface area contributed by atoms with E-state index in [0.717, 1.165) is 17.1 Å². The largest absolute Gasteiger partial charge is 0.497 e. The zero-order valence-corrected chi connectivity index (χ0v) is 19.1. The summed E-state index contributed by atoms with van der Waals surface area (Å²) in [4.78, 5) is 41.3. The van der Waals surface area contributed by atoms with E-state index < -0.39 is 23.4 Å². The first-order valence-corrected chi connectivity index (χ1v) is 10.6. The average Bonchev–Trinajstić information content (AvgIpc) is 2.99. The van der Waals surface area contributed by atoms with Crippen molar-refractivity contribution in [2.45, 2.75) is 39.3 Å². The Kier molecular flexibility index (Phi) is 6.72. The van der Waals surface area contributed by atoms with Crippen LogP contribution in [-0.2, 0) is 15.1 Å². The molecule has 4 amide bonds. The minimum Gasteiger partial charge on any atom is -0.497 e. The molecular formula is C24H30N4O4. The third-order valence-electron chi connectivity index (χ3n) is 5.67. The first kappa shape index (κ1) is 23.1. The minimum atomic E-state index is -1.27. The molecule has 3 rings (SSSR count). The van der Waals surface area contributed by atoms with Crippen LogP contribution in [0.25, 0.3) is 0 Å². The van der Waals surface area contributed by atoms with E-state index in [-0.39, 0.29) is 6.54 Å². The van der Waals surface area contributed by atoms with Gasteiger partial charge in [-0.05, 0) is 69.7 Å². The fourth-order valence-electron chi connectivity index (χ4n) is 3.90. The highest BCUT2D eigenvalue weighted by molar-refractivity contribution is 6.10. The maximum Gasteiger partial charge on any atom is 0.325 e. The lowest BCUT2D eigenvalue weighted by molar-refractivity contribution is -0.133. The molecule has 8 nitrogen and oxygen atoms in total. The molecule has 1 aliphatic rings. The Balaban J connectivity index is 1.68. The lowest BCUT2D eigenvalue weighted by Gasteiger charge is -2.27. The molecule has 1 atom stereocenters. The Morgan fingerprint density at radius 3 is 2.47 bits per heavy atom. The summed E-state index contributed by atoms with van der Waals surface area (Å²) in [5, 5.41) is 5.46. The number of rotatable bonds is 8. The van der Waals surface area contributed by atoms with E-state index in [4.69, 9.17) is 4.74 Å². The first-order chi connectivity index (χ1) is 15.2. The van der Waals surface area contributed by atoms with E-state index in [1.54, 1.807) is 31.2 Å². The van der Waals surface area contributed by atoms with Crippen molar-refractivity contribution in [3.63, 3.8) is 0 Å². The Hall–Kier alpha value is -3.55. The van der Waals surface area contributed by atoms with Crippen molar-refractivity contribution in [2.75, 3.05) is 30.4 Å². The number of imide groups is 1. The number of carbonyl (C=O) groups is 3. The number of carbonyl (C=O) groups excluding carboxylic acids is 3. The molecule has 170 valence electrons. The third kappa shape index (κ3) is 4.54. The van der Waals surface area contributed by atoms with Gasteiger partial charge in [-0.25, -0.2) is 4.79 Å². The minimum absolute atomic E-state index is 0.360. The van der Waals surface area contributed by atoms with Gasteiger partial charge in [-0.2, -0.15) is 0 Å². The van der Waals surface area contributed by atoms with Crippen molar-refractivity contribution < 1.29 is 19.1 Å². The summed E-state index contributed by atoms with van der Waals surface area (Å²) in [6, 6.07) is 14.2. The van der Waals surface area contributed by atoms with Gasteiger partial charge < -0.3 is 20.3 Å². The Morgan fingerprint density at radius 1 is 1.19 bits per heavy atom. The number of amides is 4. The number of nitrogens with one attached hydrogen (secondary N) is 2. The van der Waals surface area contributed by atoms with Crippen LogP contribution in [0.2, 0.25) is 0 Å². The molecule has 1 saturated heterocycles. The number of nitrogens with zero attached hydrogens (tertiary/aromatic N) is 2. The normalized spacial score (nSPS) is 18.0. The van der Waals surface area contributed by atoms with Gasteiger partial charge in [0, 0.05) is 24.0 Å². The lowest BCUT2D eigenvalue weighted by atomic mass is 9.92. The molecule has 1 fully saturated rings. The van der Waals surface area contributed by atoms with Crippen LogP contribution in [0.4, 0.5) is 16.2 Å². The fourth-order valence-corrected chi connectivity index (χ4v) is 3.90. The first-order valence-electron chi connectivity index (χ1n) is 10.6. The molecule has 2 aromatic carbocycles. The van der Waals surface area contributed by atoms with E-state index >= 15 is 0 Å². The summed E-state index contributed by atoms with van der Waals surface area (Å²) < 4.78 is 5.22. The van der Waals surface area contributed by atoms with Crippen LogP contribution in [0.5, 0.6) is 5.75 Å². The SMILES string of the molecule is CCN(c1ccc(NC(=O)CN2C(=O)N[C@](C)(c3cccc(OC)c3)C2=O)cc1)C(C)C. The lowest BCUT2D eigenvalue weighted by Crippen LogP contribution is -2.42. The van der Waals surface area contributed by atoms with Gasteiger partial charge in [0.05, 0.1) is 7.11 Å². The number of anilines is 2. The van der Waals surface area contributed by atoms with E-state index in [1.807, 2.05) is 24.3 Å². The van der Waals surface area contributed by atoms with Gasteiger partial charge in [0.2, 0.25) is 5.91 Å². The van der Waals surface area contributed by atoms with Crippen molar-refractivity contribution in [3.05, 3.63) is 54.1 Å². The van der Waals surface area contributed by atoms with Crippen LogP contribution in [-0.4, -0.2) is 49.0 Å². The van der Waals surface area contributed by atoms with Crippen molar-refractivity contribution in [1.29, 1.82) is 0 Å². The molecule has 0 spiro atoms. The molecule has 2 N–H and O–H groups in total. The van der Waals surface area contributed by atoms with E-state index in [1.165, 1.54) is 7.11 Å². The van der Waals surface area contributed by atoms with Gasteiger partial charge in [-0.15, -0.1) is 0 Å². The molecule has 1 aliphatic heterocycles. The Bertz CT molecular complexity index is 1010. The van der Waals surface area contributed by atoms with Gasteiger partial charge in [0.1, 0.15) is 17.8 Å². The summed E-state index contributed by atoms with van der Waals surface area (Å²) in [5.41, 5.74) is 0.970. The fraction of sp³-hybridized carbons (Fsp3) is 0.375. The Morgan fingerprint density at radius 2 is 1.88 bits per heavy atom. The standard InChI is InChI=1S/C24H30N4O4/c1-6-27(16(2)3)19-12-10-18(11-13-19)25-21(29)15-28-22(30)24(4,26-23(28)31)17-8-7-9-20(14-17)32-5/h7-14,16H,6,15H2,1-5H3,(H,25,29)(H,26,31)/t24-/m1/s1. The summed E-state index contributed by atoms with van der Waals surface area (Å²) in [6.45, 7) is 8.45. The number of benzene rings is 2. The number of ether oxygens (including phenoxy) is 1. The number of hydrogen-bond donors (Lipinski definition) is 2. The summed E-state index contributed by atoms with van der Waals surface area (Å²) in [6.07, 6.45) is 0. The van der Waals surface area contributed by atoms with Gasteiger partial charge in [0.25, 0.3) is 5.91 Å². The second-order valence-corrected chi connectivity index (χ2v) is 8.15. The second kappa shape index (κ2) is 9.30. The molecule has 2 aromatic rings. The van der Waals surface area contributed by atoms with Crippen LogP contribution in [0.15, 0.2) is 48.5 Å². The maximum absolute atomic E-state index is 13.1. The predicted octanol–water partition coefficient (Wildman–Crippen LogP) is 3.34. The zero-order valence-electron chi connectivity index (χ0n) is 19.1. The highest BCUT2D eigenvalue weighted by Crippen LogP contribution is 2.31. The van der Waals surface area contributed by atoms with Gasteiger partial charge in [-0.3, -0.25) is 14.5 Å². The smallest absolute Gasteiger partial charge is 0.325 e. The van der Waals surface area contributed by atoms with Crippen LogP contribution in [0.1, 0.15) is 33.3 Å². The molecule has 0 saturated carbocycles. The van der Waals surface area contributed by atoms with Gasteiger partial charge in [0.15, 0.2) is 0 Å². The molecule has 1 heterocycles. The van der Waals surface area contributed by atoms with Crippen molar-refractivity contribution in [2.24, 2.45) is 0 Å². The summed E-state index contributed by atoms with van der Waals surface area (Å²) >= 11 is 0. The molecule has 0 aromatic heterocycles. The molecule has 0 bridgehead atoms. The zero-order chi connectivity index (χ0) is 23.5. The van der Waals surface area contributed by atoms with Crippen LogP contribution in [0.3, 0.4) is 0 Å². The quantitative estimate of drug-likeness (QED) is 0.617. The van der Waals surface area contributed by atoms with E-state index in [9.17, 15) is 14.4 Å². The van der Waals surface area contributed by atoms with Crippen LogP contribution >= 0.6 is 0 Å². The third-order valence-corrected chi connectivity index (χ3v) is 5.67. The van der Waals surface area contributed by atoms with Crippen molar-refractivity contribution in [3.8, 4) is 5.75 Å². The predicted molar refractivity (Wildman–Crippen MR) is 124 cm³/mol. The van der Waals surface area contributed by atoms with Gasteiger partial charge in [-0.1, -0.05) is 12.1 Å². The van der Waals surface area contributed by atoms with Crippen LogP contribution in [0, 0.1) is 0 Å². The summed E-state index contributed by atoms with van der Waals surface area (Å²) in [5.74, 6) is -0.367. The molecule has 0 aliphatic carbocycles. The van der Waals surface area contributed by atoms with Crippen molar-refractivity contribution >= 4 is 29.2 Å². The van der Waals surface area contributed by atoms with E-state index in [0.29, 0.717) is 23.0 Å². The van der Waals surface area contributed by atoms with Gasteiger partial charge >= 0.3 is 6.03 Å². The maximum atomic E-state index is 13.1.